The van der Waals surface area contributed by atoms with Gasteiger partial charge in [-0.3, -0.25) is 0 Å². The van der Waals surface area contributed by atoms with Gasteiger partial charge in [0.25, 0.3) is 0 Å². The highest BCUT2D eigenvalue weighted by Crippen LogP contribution is 1.97. The Labute approximate surface area is 105 Å². The first kappa shape index (κ1) is 14.0. The quantitative estimate of drug-likeness (QED) is 0.571. The number of hydrogen-bond donors (Lipinski definition) is 4. The monoisotopic (exact) mass is 252 g/mol. The van der Waals surface area contributed by atoms with Gasteiger partial charge in [0.2, 0.25) is 0 Å². The lowest BCUT2D eigenvalue weighted by Gasteiger charge is -2.09. The standard InChI is InChI=1S/C12H16N2O4/c15-10(11(16)17)8-14-12(18)13-7-6-9-4-2-1-3-5-9/h1-5,10,15H,6-8H2,(H,16,17)(H2,13,14,18). The molecule has 0 aromatic heterocycles. The number of aliphatic carboxylic acids is 1. The van der Waals surface area contributed by atoms with Crippen molar-refractivity contribution in [1.29, 1.82) is 0 Å². The van der Waals surface area contributed by atoms with E-state index in [1.54, 1.807) is 0 Å². The molecule has 1 atom stereocenters. The van der Waals surface area contributed by atoms with Crippen LogP contribution in [-0.4, -0.2) is 41.4 Å². The Hall–Kier alpha value is -2.08. The van der Waals surface area contributed by atoms with E-state index in [0.717, 1.165) is 5.56 Å². The van der Waals surface area contributed by atoms with E-state index in [1.165, 1.54) is 0 Å². The molecule has 0 heterocycles. The zero-order chi connectivity index (χ0) is 13.4. The predicted molar refractivity (Wildman–Crippen MR) is 65.2 cm³/mol. The summed E-state index contributed by atoms with van der Waals surface area (Å²) < 4.78 is 0. The second kappa shape index (κ2) is 7.29. The Balaban J connectivity index is 2.16. The van der Waals surface area contributed by atoms with Gasteiger partial charge >= 0.3 is 12.0 Å². The van der Waals surface area contributed by atoms with E-state index in [2.05, 4.69) is 10.6 Å². The van der Waals surface area contributed by atoms with Crippen LogP contribution in [0.3, 0.4) is 0 Å². The molecule has 1 aromatic carbocycles. The van der Waals surface area contributed by atoms with Crippen molar-refractivity contribution in [3.63, 3.8) is 0 Å². The summed E-state index contributed by atoms with van der Waals surface area (Å²) in [5.41, 5.74) is 1.10. The fourth-order valence-corrected chi connectivity index (χ4v) is 1.30. The van der Waals surface area contributed by atoms with Crippen LogP contribution in [0, 0.1) is 0 Å². The molecule has 0 aliphatic carbocycles. The summed E-state index contributed by atoms with van der Waals surface area (Å²) in [5, 5.41) is 22.2. The molecule has 0 saturated heterocycles. The number of urea groups is 1. The van der Waals surface area contributed by atoms with E-state index in [0.29, 0.717) is 13.0 Å². The number of carbonyl (C=O) groups is 2. The van der Waals surface area contributed by atoms with Gasteiger partial charge in [-0.15, -0.1) is 0 Å². The Kier molecular flexibility index (Phi) is 5.66. The normalized spacial score (nSPS) is 11.6. The van der Waals surface area contributed by atoms with Crippen LogP contribution < -0.4 is 10.6 Å². The van der Waals surface area contributed by atoms with Crippen LogP contribution in [0.1, 0.15) is 5.56 Å². The molecule has 1 aromatic rings. The summed E-state index contributed by atoms with van der Waals surface area (Å²) in [5.74, 6) is -1.36. The average Bonchev–Trinajstić information content (AvgIpc) is 2.37. The molecule has 4 N–H and O–H groups in total. The molecular weight excluding hydrogens is 236 g/mol. The fraction of sp³-hybridized carbons (Fsp3) is 0.333. The van der Waals surface area contributed by atoms with E-state index in [9.17, 15) is 9.59 Å². The minimum absolute atomic E-state index is 0.313. The number of hydrogen-bond acceptors (Lipinski definition) is 3. The molecule has 0 bridgehead atoms. The number of nitrogens with one attached hydrogen (secondary N) is 2. The zero-order valence-corrected chi connectivity index (χ0v) is 9.80. The number of aliphatic hydroxyl groups excluding tert-OH is 1. The molecule has 0 aliphatic heterocycles. The summed E-state index contributed by atoms with van der Waals surface area (Å²) >= 11 is 0. The number of benzene rings is 1. The highest BCUT2D eigenvalue weighted by Gasteiger charge is 2.13. The molecule has 0 fully saturated rings. The van der Waals surface area contributed by atoms with Gasteiger partial charge in [-0.25, -0.2) is 9.59 Å². The Morgan fingerprint density at radius 3 is 2.44 bits per heavy atom. The van der Waals surface area contributed by atoms with Crippen LogP contribution >= 0.6 is 0 Å². The molecule has 0 spiro atoms. The van der Waals surface area contributed by atoms with Crippen molar-refractivity contribution >= 4 is 12.0 Å². The van der Waals surface area contributed by atoms with E-state index < -0.39 is 18.1 Å². The smallest absolute Gasteiger partial charge is 0.334 e. The van der Waals surface area contributed by atoms with Crippen molar-refractivity contribution in [2.45, 2.75) is 12.5 Å². The first-order valence-corrected chi connectivity index (χ1v) is 5.56. The second-order valence-corrected chi connectivity index (χ2v) is 3.73. The number of carbonyl (C=O) groups excluding carboxylic acids is 1. The lowest BCUT2D eigenvalue weighted by Crippen LogP contribution is -2.42. The fourth-order valence-electron chi connectivity index (χ4n) is 1.30. The maximum Gasteiger partial charge on any atom is 0.334 e. The minimum atomic E-state index is -1.58. The van der Waals surface area contributed by atoms with E-state index in [4.69, 9.17) is 10.2 Å². The number of aliphatic hydroxyl groups is 1. The number of rotatable bonds is 6. The summed E-state index contributed by atoms with van der Waals surface area (Å²) in [6.45, 7) is 0.130. The molecule has 6 nitrogen and oxygen atoms in total. The summed E-state index contributed by atoms with van der Waals surface area (Å²) in [6.07, 6.45) is -0.889. The summed E-state index contributed by atoms with van der Waals surface area (Å²) in [7, 11) is 0. The molecule has 98 valence electrons. The van der Waals surface area contributed by atoms with E-state index in [-0.39, 0.29) is 6.54 Å². The minimum Gasteiger partial charge on any atom is -0.479 e. The predicted octanol–water partition coefficient (Wildman–Crippen LogP) is -0.0262. The number of carboxylic acid groups (broad SMARTS) is 1. The van der Waals surface area contributed by atoms with Crippen molar-refractivity contribution in [3.05, 3.63) is 35.9 Å². The van der Waals surface area contributed by atoms with Crippen LogP contribution in [0.25, 0.3) is 0 Å². The third-order valence-electron chi connectivity index (χ3n) is 2.28. The molecule has 2 amide bonds. The molecule has 18 heavy (non-hydrogen) atoms. The lowest BCUT2D eigenvalue weighted by molar-refractivity contribution is -0.146. The largest absolute Gasteiger partial charge is 0.479 e. The van der Waals surface area contributed by atoms with Crippen LogP contribution in [0.5, 0.6) is 0 Å². The van der Waals surface area contributed by atoms with Crippen LogP contribution in [0.2, 0.25) is 0 Å². The number of carboxylic acids is 1. The van der Waals surface area contributed by atoms with E-state index >= 15 is 0 Å². The van der Waals surface area contributed by atoms with Crippen molar-refractivity contribution in [2.75, 3.05) is 13.1 Å². The number of amides is 2. The van der Waals surface area contributed by atoms with Gasteiger partial charge in [-0.2, -0.15) is 0 Å². The third-order valence-corrected chi connectivity index (χ3v) is 2.28. The van der Waals surface area contributed by atoms with E-state index in [1.807, 2.05) is 30.3 Å². The van der Waals surface area contributed by atoms with Gasteiger partial charge in [-0.1, -0.05) is 30.3 Å². The second-order valence-electron chi connectivity index (χ2n) is 3.73. The van der Waals surface area contributed by atoms with Crippen LogP contribution in [-0.2, 0) is 11.2 Å². The maximum absolute atomic E-state index is 11.2. The van der Waals surface area contributed by atoms with Crippen molar-refractivity contribution in [3.8, 4) is 0 Å². The topological polar surface area (TPSA) is 98.7 Å². The molecule has 6 heteroatoms. The van der Waals surface area contributed by atoms with Crippen molar-refractivity contribution < 1.29 is 19.8 Å². The molecule has 0 saturated carbocycles. The maximum atomic E-state index is 11.2. The van der Waals surface area contributed by atoms with Crippen LogP contribution in [0.15, 0.2) is 30.3 Å². The van der Waals surface area contributed by atoms with Gasteiger partial charge in [0, 0.05) is 6.54 Å². The Morgan fingerprint density at radius 2 is 1.83 bits per heavy atom. The SMILES string of the molecule is O=C(NCCc1ccccc1)NCC(O)C(=O)O. The first-order valence-electron chi connectivity index (χ1n) is 5.56. The Bertz CT molecular complexity index is 394. The Morgan fingerprint density at radius 1 is 1.17 bits per heavy atom. The third kappa shape index (κ3) is 5.31. The van der Waals surface area contributed by atoms with Crippen molar-refractivity contribution in [1.82, 2.24) is 10.6 Å². The van der Waals surface area contributed by atoms with Crippen LogP contribution in [0.4, 0.5) is 4.79 Å². The zero-order valence-electron chi connectivity index (χ0n) is 9.80. The first-order chi connectivity index (χ1) is 8.59. The summed E-state index contributed by atoms with van der Waals surface area (Å²) in [4.78, 5) is 21.5. The molecule has 0 aliphatic rings. The highest BCUT2D eigenvalue weighted by atomic mass is 16.4. The molecular formula is C12H16N2O4. The van der Waals surface area contributed by atoms with Gasteiger partial charge < -0.3 is 20.8 Å². The molecule has 1 unspecified atom stereocenters. The lowest BCUT2D eigenvalue weighted by atomic mass is 10.1. The molecule has 0 radical (unpaired) electrons. The van der Waals surface area contributed by atoms with Gasteiger partial charge in [0.05, 0.1) is 6.54 Å². The van der Waals surface area contributed by atoms with Crippen molar-refractivity contribution in [2.24, 2.45) is 0 Å². The van der Waals surface area contributed by atoms with Gasteiger partial charge in [-0.05, 0) is 12.0 Å². The summed E-state index contributed by atoms with van der Waals surface area (Å²) in [6, 6.07) is 9.15. The molecule has 1 rings (SSSR count). The van der Waals surface area contributed by atoms with Gasteiger partial charge in [0.1, 0.15) is 0 Å². The highest BCUT2D eigenvalue weighted by molar-refractivity contribution is 5.76. The van der Waals surface area contributed by atoms with Gasteiger partial charge in [0.15, 0.2) is 6.10 Å². The average molecular weight is 252 g/mol.